The first-order valence-corrected chi connectivity index (χ1v) is 6.23. The second-order valence-electron chi connectivity index (χ2n) is 4.23. The normalized spacial score (nSPS) is 23.5. The lowest BCUT2D eigenvalue weighted by Crippen LogP contribution is -2.49. The van der Waals surface area contributed by atoms with Gasteiger partial charge >= 0.3 is 0 Å². The number of carbonyl (C=O) groups excluding carboxylic acids is 1. The van der Waals surface area contributed by atoms with Gasteiger partial charge in [-0.3, -0.25) is 4.79 Å². The Kier molecular flexibility index (Phi) is 6.64. The molecule has 0 aromatic heterocycles. The van der Waals surface area contributed by atoms with Crippen molar-refractivity contribution in [3.63, 3.8) is 0 Å². The molecule has 1 fully saturated rings. The maximum Gasteiger partial charge on any atom is 0.239 e. The highest BCUT2D eigenvalue weighted by atomic mass is 35.5. The smallest absolute Gasteiger partial charge is 0.239 e. The van der Waals surface area contributed by atoms with E-state index >= 15 is 0 Å². The van der Waals surface area contributed by atoms with Crippen LogP contribution in [0.5, 0.6) is 0 Å². The van der Waals surface area contributed by atoms with Crippen LogP contribution in [0.4, 0.5) is 0 Å². The Bertz CT molecular complexity index is 212. The lowest BCUT2D eigenvalue weighted by Gasteiger charge is -2.35. The Morgan fingerprint density at radius 2 is 2.07 bits per heavy atom. The molecular formula is C10H21ClN2OS. The summed E-state index contributed by atoms with van der Waals surface area (Å²) in [6.45, 7) is 7.89. The molecule has 0 spiro atoms. The number of thioether (sulfide) groups is 1. The zero-order valence-electron chi connectivity index (χ0n) is 9.60. The van der Waals surface area contributed by atoms with Gasteiger partial charge in [-0.25, -0.2) is 0 Å². The molecule has 0 saturated carbocycles. The quantitative estimate of drug-likeness (QED) is 0.807. The van der Waals surface area contributed by atoms with Crippen LogP contribution in [0.2, 0.25) is 0 Å². The van der Waals surface area contributed by atoms with Crippen LogP contribution in [0.25, 0.3) is 0 Å². The number of carbonyl (C=O) groups is 1. The first-order chi connectivity index (χ1) is 6.52. The molecule has 1 unspecified atom stereocenters. The molecule has 1 rings (SSSR count). The molecule has 1 amide bonds. The lowest BCUT2D eigenvalue weighted by atomic mass is 10.1. The van der Waals surface area contributed by atoms with Crippen molar-refractivity contribution < 1.29 is 4.79 Å². The molecule has 1 aliphatic rings. The summed E-state index contributed by atoms with van der Waals surface area (Å²) >= 11 is 1.97. The summed E-state index contributed by atoms with van der Waals surface area (Å²) in [5.41, 5.74) is 5.59. The molecule has 0 aromatic rings. The van der Waals surface area contributed by atoms with Gasteiger partial charge in [-0.15, -0.1) is 12.4 Å². The third kappa shape index (κ3) is 4.21. The highest BCUT2D eigenvalue weighted by molar-refractivity contribution is 8.00. The lowest BCUT2D eigenvalue weighted by molar-refractivity contribution is -0.132. The van der Waals surface area contributed by atoms with Gasteiger partial charge < -0.3 is 10.6 Å². The van der Waals surface area contributed by atoms with E-state index in [0.717, 1.165) is 18.8 Å². The predicted molar refractivity (Wildman–Crippen MR) is 68.6 cm³/mol. The van der Waals surface area contributed by atoms with Gasteiger partial charge in [-0.1, -0.05) is 13.8 Å². The summed E-state index contributed by atoms with van der Waals surface area (Å²) in [4.78, 5) is 13.6. The molecule has 90 valence electrons. The van der Waals surface area contributed by atoms with Crippen molar-refractivity contribution in [2.75, 3.05) is 18.8 Å². The summed E-state index contributed by atoms with van der Waals surface area (Å²) in [6, 6.07) is -0.356. The Labute approximate surface area is 103 Å². The highest BCUT2D eigenvalue weighted by Crippen LogP contribution is 2.24. The Morgan fingerprint density at radius 1 is 1.47 bits per heavy atom. The maximum absolute atomic E-state index is 11.7. The molecular weight excluding hydrogens is 232 g/mol. The van der Waals surface area contributed by atoms with Gasteiger partial charge in [0.25, 0.3) is 0 Å². The van der Waals surface area contributed by atoms with Crippen LogP contribution in [0.3, 0.4) is 0 Å². The van der Waals surface area contributed by atoms with E-state index in [1.165, 1.54) is 0 Å². The Morgan fingerprint density at radius 3 is 2.53 bits per heavy atom. The molecule has 0 bridgehead atoms. The minimum Gasteiger partial charge on any atom is -0.339 e. The van der Waals surface area contributed by atoms with E-state index in [9.17, 15) is 4.79 Å². The topological polar surface area (TPSA) is 46.3 Å². The number of nitrogens with zero attached hydrogens (tertiary/aromatic N) is 1. The summed E-state index contributed by atoms with van der Waals surface area (Å²) in [5, 5.41) is 0.575. The summed E-state index contributed by atoms with van der Waals surface area (Å²) < 4.78 is 0. The molecule has 5 heteroatoms. The first-order valence-electron chi connectivity index (χ1n) is 5.18. The van der Waals surface area contributed by atoms with Crippen LogP contribution < -0.4 is 5.73 Å². The van der Waals surface area contributed by atoms with Gasteiger partial charge in [0.2, 0.25) is 5.91 Å². The molecule has 1 heterocycles. The average Bonchev–Trinajstić information content (AvgIpc) is 2.16. The van der Waals surface area contributed by atoms with E-state index in [-0.39, 0.29) is 24.4 Å². The van der Waals surface area contributed by atoms with Crippen molar-refractivity contribution >= 4 is 30.1 Å². The van der Waals surface area contributed by atoms with Crippen LogP contribution in [-0.2, 0) is 4.79 Å². The molecule has 1 aliphatic heterocycles. The van der Waals surface area contributed by atoms with Crippen molar-refractivity contribution in [1.82, 2.24) is 4.90 Å². The van der Waals surface area contributed by atoms with Crippen molar-refractivity contribution in [2.45, 2.75) is 32.1 Å². The average molecular weight is 253 g/mol. The highest BCUT2D eigenvalue weighted by Gasteiger charge is 2.27. The predicted octanol–water partition coefficient (Wildman–Crippen LogP) is 1.36. The van der Waals surface area contributed by atoms with Crippen molar-refractivity contribution in [3.05, 3.63) is 0 Å². The fourth-order valence-corrected chi connectivity index (χ4v) is 2.87. The van der Waals surface area contributed by atoms with E-state index in [4.69, 9.17) is 5.73 Å². The molecule has 0 aromatic carbocycles. The van der Waals surface area contributed by atoms with Crippen LogP contribution in [-0.4, -0.2) is 40.9 Å². The summed E-state index contributed by atoms with van der Waals surface area (Å²) in [5.74, 6) is 1.76. The maximum atomic E-state index is 11.7. The van der Waals surface area contributed by atoms with Crippen molar-refractivity contribution in [2.24, 2.45) is 11.7 Å². The SMILES string of the molecule is CC(C)C1CN(C(=O)[C@H](C)N)CCS1.Cl. The number of halogens is 1. The number of hydrogen-bond donors (Lipinski definition) is 1. The standard InChI is InChI=1S/C10H20N2OS.ClH/c1-7(2)9-6-12(4-5-14-9)10(13)8(3)11;/h7-9H,4-6,11H2,1-3H3;1H/t8-,9?;/m0./s1. The third-order valence-electron chi connectivity index (χ3n) is 2.54. The van der Waals surface area contributed by atoms with Crippen LogP contribution >= 0.6 is 24.2 Å². The number of hydrogen-bond acceptors (Lipinski definition) is 3. The van der Waals surface area contributed by atoms with E-state index < -0.39 is 0 Å². The summed E-state index contributed by atoms with van der Waals surface area (Å²) in [6.07, 6.45) is 0. The zero-order chi connectivity index (χ0) is 10.7. The fraction of sp³-hybridized carbons (Fsp3) is 0.900. The third-order valence-corrected chi connectivity index (χ3v) is 4.08. The molecule has 15 heavy (non-hydrogen) atoms. The van der Waals surface area contributed by atoms with Gasteiger partial charge in [0.15, 0.2) is 0 Å². The number of amides is 1. The van der Waals surface area contributed by atoms with Crippen LogP contribution in [0.1, 0.15) is 20.8 Å². The van der Waals surface area contributed by atoms with Crippen molar-refractivity contribution in [1.29, 1.82) is 0 Å². The molecule has 0 aliphatic carbocycles. The van der Waals surface area contributed by atoms with E-state index in [1.807, 2.05) is 16.7 Å². The van der Waals surface area contributed by atoms with Gasteiger partial charge in [-0.05, 0) is 12.8 Å². The van der Waals surface area contributed by atoms with E-state index in [2.05, 4.69) is 13.8 Å². The molecule has 3 nitrogen and oxygen atoms in total. The largest absolute Gasteiger partial charge is 0.339 e. The van der Waals surface area contributed by atoms with Crippen LogP contribution in [0.15, 0.2) is 0 Å². The fourth-order valence-electron chi connectivity index (χ4n) is 1.57. The van der Waals surface area contributed by atoms with E-state index in [1.54, 1.807) is 6.92 Å². The Balaban J connectivity index is 0.00000196. The minimum atomic E-state index is -0.356. The van der Waals surface area contributed by atoms with Gasteiger partial charge in [-0.2, -0.15) is 11.8 Å². The minimum absolute atomic E-state index is 0. The number of rotatable bonds is 2. The van der Waals surface area contributed by atoms with Gasteiger partial charge in [0.1, 0.15) is 0 Å². The second-order valence-corrected chi connectivity index (χ2v) is 5.57. The second kappa shape index (κ2) is 6.61. The Hall–Kier alpha value is 0.0700. The monoisotopic (exact) mass is 252 g/mol. The van der Waals surface area contributed by atoms with Gasteiger partial charge in [0, 0.05) is 24.1 Å². The van der Waals surface area contributed by atoms with E-state index in [0.29, 0.717) is 11.2 Å². The number of nitrogens with two attached hydrogens (primary N) is 1. The molecule has 0 radical (unpaired) electrons. The summed E-state index contributed by atoms with van der Waals surface area (Å²) in [7, 11) is 0. The van der Waals surface area contributed by atoms with Gasteiger partial charge in [0.05, 0.1) is 6.04 Å². The molecule has 2 N–H and O–H groups in total. The first kappa shape index (κ1) is 15.1. The van der Waals surface area contributed by atoms with Crippen molar-refractivity contribution in [3.8, 4) is 0 Å². The molecule has 1 saturated heterocycles. The molecule has 2 atom stereocenters. The zero-order valence-corrected chi connectivity index (χ0v) is 11.2. The van der Waals surface area contributed by atoms with Crippen LogP contribution in [0, 0.1) is 5.92 Å².